The summed E-state index contributed by atoms with van der Waals surface area (Å²) < 4.78 is 5.35. The molecular weight excluding hydrogens is 210 g/mol. The van der Waals surface area contributed by atoms with E-state index >= 15 is 0 Å². The maximum Gasteiger partial charge on any atom is 0.266 e. The van der Waals surface area contributed by atoms with Crippen LogP contribution in [0.25, 0.3) is 0 Å². The lowest BCUT2D eigenvalue weighted by Crippen LogP contribution is -2.47. The molecule has 0 bridgehead atoms. The molecule has 4 heteroatoms. The van der Waals surface area contributed by atoms with Crippen molar-refractivity contribution in [3.8, 4) is 0 Å². The van der Waals surface area contributed by atoms with Gasteiger partial charge in [0, 0.05) is 5.69 Å². The topological polar surface area (TPSA) is 32.7 Å². The number of nitrogens with zero attached hydrogens (tertiary/aromatic N) is 1. The first-order valence-electron chi connectivity index (χ1n) is 4.82. The number of thiocarbonyl (C=S) groups is 1. The van der Waals surface area contributed by atoms with Crippen LogP contribution >= 0.6 is 12.2 Å². The summed E-state index contributed by atoms with van der Waals surface area (Å²) in [4.78, 5) is 1.63. The van der Waals surface area contributed by atoms with Crippen LogP contribution in [-0.2, 0) is 4.74 Å². The number of hydrogen-bond donors (Lipinski definition) is 1. The molecule has 15 heavy (non-hydrogen) atoms. The summed E-state index contributed by atoms with van der Waals surface area (Å²) in [5.74, 6) is 0. The van der Waals surface area contributed by atoms with Gasteiger partial charge < -0.3 is 9.84 Å². The summed E-state index contributed by atoms with van der Waals surface area (Å²) >= 11 is 5.09. The van der Waals surface area contributed by atoms with Crippen LogP contribution in [0.4, 0.5) is 5.69 Å². The Morgan fingerprint density at radius 1 is 1.40 bits per heavy atom. The second kappa shape index (κ2) is 3.47. The van der Waals surface area contributed by atoms with Gasteiger partial charge in [-0.1, -0.05) is 18.2 Å². The van der Waals surface area contributed by atoms with Gasteiger partial charge in [0.1, 0.15) is 6.10 Å². The molecule has 1 aromatic carbocycles. The van der Waals surface area contributed by atoms with Crippen LogP contribution in [0.15, 0.2) is 30.3 Å². The van der Waals surface area contributed by atoms with E-state index in [4.69, 9.17) is 17.0 Å². The lowest BCUT2D eigenvalue weighted by Gasteiger charge is -2.30. The number of anilines is 1. The molecule has 2 rings (SSSR count). The van der Waals surface area contributed by atoms with Crippen molar-refractivity contribution in [2.24, 2.45) is 0 Å². The Bertz CT molecular complexity index is 377. The van der Waals surface area contributed by atoms with Crippen molar-refractivity contribution >= 4 is 23.1 Å². The van der Waals surface area contributed by atoms with Crippen LogP contribution in [-0.4, -0.2) is 22.1 Å². The van der Waals surface area contributed by atoms with Gasteiger partial charge in [-0.25, -0.2) is 0 Å². The van der Waals surface area contributed by atoms with Crippen LogP contribution in [0, 0.1) is 0 Å². The first kappa shape index (κ1) is 10.4. The highest BCUT2D eigenvalue weighted by Crippen LogP contribution is 2.32. The predicted molar refractivity (Wildman–Crippen MR) is 62.7 cm³/mol. The van der Waals surface area contributed by atoms with E-state index in [2.05, 4.69) is 0 Å². The number of ether oxygens (including phenoxy) is 1. The molecule has 0 spiro atoms. The number of aliphatic hydroxyl groups is 1. The average molecular weight is 223 g/mol. The normalized spacial score (nSPS) is 30.5. The van der Waals surface area contributed by atoms with Gasteiger partial charge in [-0.2, -0.15) is 0 Å². The highest BCUT2D eigenvalue weighted by atomic mass is 32.1. The fourth-order valence-corrected chi connectivity index (χ4v) is 2.06. The summed E-state index contributed by atoms with van der Waals surface area (Å²) in [7, 11) is 0. The van der Waals surface area contributed by atoms with Crippen LogP contribution < -0.4 is 4.90 Å². The Morgan fingerprint density at radius 2 is 2.00 bits per heavy atom. The van der Waals surface area contributed by atoms with Crippen molar-refractivity contribution in [2.45, 2.75) is 25.7 Å². The molecule has 1 fully saturated rings. The molecule has 0 aromatic heterocycles. The second-order valence-corrected chi connectivity index (χ2v) is 4.14. The van der Waals surface area contributed by atoms with E-state index in [1.807, 2.05) is 30.3 Å². The molecule has 1 aromatic rings. The highest BCUT2D eigenvalue weighted by Gasteiger charge is 2.46. The van der Waals surface area contributed by atoms with E-state index in [-0.39, 0.29) is 6.10 Å². The van der Waals surface area contributed by atoms with Gasteiger partial charge >= 0.3 is 0 Å². The van der Waals surface area contributed by atoms with Gasteiger partial charge in [0.05, 0.1) is 0 Å². The van der Waals surface area contributed by atoms with Gasteiger partial charge in [0.15, 0.2) is 5.72 Å². The Hall–Kier alpha value is -1.13. The first-order valence-corrected chi connectivity index (χ1v) is 5.22. The smallest absolute Gasteiger partial charge is 0.266 e. The molecule has 0 amide bonds. The fraction of sp³-hybridized carbons (Fsp3) is 0.364. The summed E-state index contributed by atoms with van der Waals surface area (Å²) in [5, 5.41) is 10.6. The summed E-state index contributed by atoms with van der Waals surface area (Å²) in [5.41, 5.74) is -0.241. The minimum atomic E-state index is -1.08. The third kappa shape index (κ3) is 1.60. The van der Waals surface area contributed by atoms with Crippen molar-refractivity contribution in [1.29, 1.82) is 0 Å². The number of hydrogen-bond acceptors (Lipinski definition) is 3. The van der Waals surface area contributed by atoms with Gasteiger partial charge in [-0.3, -0.25) is 4.90 Å². The molecule has 3 nitrogen and oxygen atoms in total. The monoisotopic (exact) mass is 223 g/mol. The largest absolute Gasteiger partial charge is 0.462 e. The number of para-hydroxylation sites is 1. The third-order valence-corrected chi connectivity index (χ3v) is 2.98. The molecule has 0 aliphatic carbocycles. The number of rotatable bonds is 1. The fourth-order valence-electron chi connectivity index (χ4n) is 1.63. The number of benzene rings is 1. The Morgan fingerprint density at radius 3 is 2.47 bits per heavy atom. The van der Waals surface area contributed by atoms with Crippen molar-refractivity contribution in [1.82, 2.24) is 0 Å². The molecule has 0 saturated carbocycles. The predicted octanol–water partition coefficient (Wildman–Crippen LogP) is 1.91. The lowest BCUT2D eigenvalue weighted by atomic mass is 10.1. The van der Waals surface area contributed by atoms with Crippen molar-refractivity contribution in [2.75, 3.05) is 4.90 Å². The van der Waals surface area contributed by atoms with E-state index in [9.17, 15) is 5.11 Å². The van der Waals surface area contributed by atoms with E-state index in [0.29, 0.717) is 5.17 Å². The van der Waals surface area contributed by atoms with E-state index < -0.39 is 5.72 Å². The Labute approximate surface area is 94.3 Å². The highest BCUT2D eigenvalue weighted by molar-refractivity contribution is 7.80. The molecule has 1 N–H and O–H groups in total. The maximum atomic E-state index is 10.3. The molecule has 1 saturated heterocycles. The molecule has 2 atom stereocenters. The molecule has 0 radical (unpaired) electrons. The van der Waals surface area contributed by atoms with Gasteiger partial charge in [0.25, 0.3) is 5.17 Å². The minimum Gasteiger partial charge on any atom is -0.462 e. The maximum absolute atomic E-state index is 10.3. The second-order valence-electron chi connectivity index (χ2n) is 3.79. The van der Waals surface area contributed by atoms with Crippen molar-refractivity contribution in [3.05, 3.63) is 30.3 Å². The van der Waals surface area contributed by atoms with Crippen LogP contribution in [0.1, 0.15) is 13.8 Å². The van der Waals surface area contributed by atoms with Crippen LogP contribution in [0.5, 0.6) is 0 Å². The zero-order valence-corrected chi connectivity index (χ0v) is 9.49. The Balaban J connectivity index is 2.41. The van der Waals surface area contributed by atoms with Crippen molar-refractivity contribution in [3.63, 3.8) is 0 Å². The molecule has 80 valence electrons. The van der Waals surface area contributed by atoms with E-state index in [0.717, 1.165) is 5.69 Å². The molecular formula is C11H13NO2S. The minimum absolute atomic E-state index is 0.318. The molecule has 0 unspecified atom stereocenters. The molecule has 1 heterocycles. The van der Waals surface area contributed by atoms with E-state index in [1.54, 1.807) is 18.7 Å². The summed E-state index contributed by atoms with van der Waals surface area (Å²) in [6.45, 7) is 3.50. The Kier molecular flexibility index (Phi) is 2.40. The quantitative estimate of drug-likeness (QED) is 0.737. The summed E-state index contributed by atoms with van der Waals surface area (Å²) in [6.07, 6.45) is -0.329. The van der Waals surface area contributed by atoms with Gasteiger partial charge in [0.2, 0.25) is 0 Å². The van der Waals surface area contributed by atoms with Crippen LogP contribution in [0.3, 0.4) is 0 Å². The van der Waals surface area contributed by atoms with Gasteiger partial charge in [-0.05, 0) is 38.2 Å². The van der Waals surface area contributed by atoms with Crippen molar-refractivity contribution < 1.29 is 9.84 Å². The third-order valence-electron chi connectivity index (χ3n) is 2.70. The van der Waals surface area contributed by atoms with Gasteiger partial charge in [-0.15, -0.1) is 0 Å². The SMILES string of the molecule is C[C@H]1OC(=S)N(c2ccccc2)[C@]1(C)O. The van der Waals surface area contributed by atoms with Crippen LogP contribution in [0.2, 0.25) is 0 Å². The zero-order valence-electron chi connectivity index (χ0n) is 8.68. The zero-order chi connectivity index (χ0) is 11.1. The average Bonchev–Trinajstić information content (AvgIpc) is 2.37. The van der Waals surface area contributed by atoms with E-state index in [1.165, 1.54) is 0 Å². The molecule has 1 aliphatic heterocycles. The first-order chi connectivity index (χ1) is 7.03. The summed E-state index contributed by atoms with van der Waals surface area (Å²) in [6, 6.07) is 9.50. The standard InChI is InChI=1S/C11H13NO2S/c1-8-11(2,13)12(10(15)14-8)9-6-4-3-5-7-9/h3-8,13H,1-2H3/t8-,11-/m1/s1. The lowest BCUT2D eigenvalue weighted by molar-refractivity contribution is -0.000876. The molecule has 1 aliphatic rings.